The van der Waals surface area contributed by atoms with Crippen LogP contribution in [0.2, 0.25) is 0 Å². The van der Waals surface area contributed by atoms with E-state index in [1.165, 1.54) is 6.92 Å². The SMILES string of the molecule is C/C=C/C(=O)OC(C(F)(F)F)C(F)(F)F. The first-order valence-electron chi connectivity index (χ1n) is 3.55. The van der Waals surface area contributed by atoms with E-state index in [9.17, 15) is 31.1 Å². The number of hydrogen-bond donors (Lipinski definition) is 0. The Hall–Kier alpha value is -1.21. The summed E-state index contributed by atoms with van der Waals surface area (Å²) in [5.74, 6) is -1.70. The first kappa shape index (κ1) is 13.8. The Morgan fingerprint density at radius 1 is 1.13 bits per heavy atom. The Labute approximate surface area is 80.5 Å². The number of alkyl halides is 6. The smallest absolute Gasteiger partial charge is 0.434 e. The molecule has 0 heterocycles. The van der Waals surface area contributed by atoms with Gasteiger partial charge in [-0.3, -0.25) is 0 Å². The molecule has 0 N–H and O–H groups in total. The topological polar surface area (TPSA) is 26.3 Å². The Kier molecular flexibility index (Phi) is 4.17. The molecular formula is C7H6F6O2. The van der Waals surface area contributed by atoms with Gasteiger partial charge in [0.25, 0.3) is 6.10 Å². The van der Waals surface area contributed by atoms with Crippen LogP contribution >= 0.6 is 0 Å². The average Bonchev–Trinajstić information content (AvgIpc) is 1.96. The van der Waals surface area contributed by atoms with Crippen molar-refractivity contribution in [3.05, 3.63) is 12.2 Å². The van der Waals surface area contributed by atoms with Crippen LogP contribution in [0.4, 0.5) is 26.3 Å². The molecule has 0 saturated heterocycles. The molecule has 0 fully saturated rings. The van der Waals surface area contributed by atoms with Crippen LogP contribution < -0.4 is 0 Å². The van der Waals surface area contributed by atoms with Gasteiger partial charge in [0.05, 0.1) is 0 Å². The van der Waals surface area contributed by atoms with E-state index >= 15 is 0 Å². The standard InChI is InChI=1S/C7H6F6O2/c1-2-3-4(14)15-5(6(8,9)10)7(11,12)13/h2-3,5H,1H3/b3-2+. The molecule has 0 amide bonds. The van der Waals surface area contributed by atoms with Gasteiger partial charge in [-0.15, -0.1) is 0 Å². The lowest BCUT2D eigenvalue weighted by Gasteiger charge is -2.22. The minimum Gasteiger partial charge on any atom is -0.440 e. The largest absolute Gasteiger partial charge is 0.440 e. The third-order valence-electron chi connectivity index (χ3n) is 1.13. The molecular weight excluding hydrogens is 230 g/mol. The fraction of sp³-hybridized carbons (Fsp3) is 0.571. The molecule has 0 bridgehead atoms. The van der Waals surface area contributed by atoms with Crippen LogP contribution in [0.15, 0.2) is 12.2 Å². The third-order valence-corrected chi connectivity index (χ3v) is 1.13. The predicted molar refractivity (Wildman–Crippen MR) is 36.8 cm³/mol. The molecule has 8 heteroatoms. The molecule has 0 saturated carbocycles. The van der Waals surface area contributed by atoms with Crippen molar-refractivity contribution in [1.29, 1.82) is 0 Å². The molecule has 0 aliphatic carbocycles. The summed E-state index contributed by atoms with van der Waals surface area (Å²) in [6.07, 6.45) is -14.0. The molecule has 0 unspecified atom stereocenters. The number of rotatable bonds is 2. The first-order valence-corrected chi connectivity index (χ1v) is 3.55. The monoisotopic (exact) mass is 236 g/mol. The van der Waals surface area contributed by atoms with Crippen LogP contribution in [0.1, 0.15) is 6.92 Å². The van der Waals surface area contributed by atoms with E-state index in [0.717, 1.165) is 6.08 Å². The van der Waals surface area contributed by atoms with Crippen LogP contribution in [0.5, 0.6) is 0 Å². The van der Waals surface area contributed by atoms with Crippen LogP contribution in [-0.4, -0.2) is 24.4 Å². The van der Waals surface area contributed by atoms with E-state index in [2.05, 4.69) is 4.74 Å². The molecule has 0 aromatic heterocycles. The molecule has 0 atom stereocenters. The molecule has 0 spiro atoms. The Morgan fingerprint density at radius 2 is 1.53 bits per heavy atom. The highest BCUT2D eigenvalue weighted by atomic mass is 19.4. The molecule has 0 aliphatic rings. The second kappa shape index (κ2) is 4.54. The summed E-state index contributed by atoms with van der Waals surface area (Å²) in [6, 6.07) is 0. The number of hydrogen-bond acceptors (Lipinski definition) is 2. The van der Waals surface area contributed by atoms with E-state index in [1.54, 1.807) is 0 Å². The summed E-state index contributed by atoms with van der Waals surface area (Å²) in [5, 5.41) is 0. The van der Waals surface area contributed by atoms with Gasteiger partial charge >= 0.3 is 18.3 Å². The minimum absolute atomic E-state index is 0.463. The van der Waals surface area contributed by atoms with Gasteiger partial charge in [0.2, 0.25) is 0 Å². The fourth-order valence-corrected chi connectivity index (χ4v) is 0.611. The Morgan fingerprint density at radius 3 is 1.80 bits per heavy atom. The lowest BCUT2D eigenvalue weighted by molar-refractivity contribution is -0.312. The Bertz CT molecular complexity index is 237. The van der Waals surface area contributed by atoms with Crippen molar-refractivity contribution in [3.8, 4) is 0 Å². The molecule has 2 nitrogen and oxygen atoms in total. The first-order chi connectivity index (χ1) is 6.59. The molecule has 0 rings (SSSR count). The third kappa shape index (κ3) is 4.71. The normalized spacial score (nSPS) is 13.6. The highest BCUT2D eigenvalue weighted by Gasteiger charge is 2.59. The summed E-state index contributed by atoms with van der Waals surface area (Å²) in [4.78, 5) is 10.4. The zero-order valence-corrected chi connectivity index (χ0v) is 7.32. The van der Waals surface area contributed by atoms with Gasteiger partial charge in [-0.05, 0) is 6.92 Å². The zero-order valence-electron chi connectivity index (χ0n) is 7.32. The van der Waals surface area contributed by atoms with Gasteiger partial charge in [0.1, 0.15) is 0 Å². The number of halogens is 6. The maximum Gasteiger partial charge on any atom is 0.434 e. The summed E-state index contributed by atoms with van der Waals surface area (Å²) >= 11 is 0. The van der Waals surface area contributed by atoms with Crippen molar-refractivity contribution in [2.75, 3.05) is 0 Å². The second-order valence-electron chi connectivity index (χ2n) is 2.40. The average molecular weight is 236 g/mol. The van der Waals surface area contributed by atoms with Crippen molar-refractivity contribution in [3.63, 3.8) is 0 Å². The van der Waals surface area contributed by atoms with Crippen molar-refractivity contribution in [2.24, 2.45) is 0 Å². The number of ether oxygens (including phenoxy) is 1. The minimum atomic E-state index is -5.67. The zero-order chi connectivity index (χ0) is 12.3. The van der Waals surface area contributed by atoms with E-state index in [0.29, 0.717) is 6.08 Å². The summed E-state index contributed by atoms with van der Waals surface area (Å²) in [5.41, 5.74) is 0. The van der Waals surface area contributed by atoms with E-state index < -0.39 is 24.4 Å². The number of allylic oxidation sites excluding steroid dienone is 1. The summed E-state index contributed by atoms with van der Waals surface area (Å²) < 4.78 is 74.0. The maximum absolute atomic E-state index is 11.8. The molecule has 0 aromatic rings. The van der Waals surface area contributed by atoms with Crippen LogP contribution in [0.25, 0.3) is 0 Å². The van der Waals surface area contributed by atoms with E-state index in [4.69, 9.17) is 0 Å². The van der Waals surface area contributed by atoms with Crippen molar-refractivity contribution in [2.45, 2.75) is 25.4 Å². The molecule has 88 valence electrons. The lowest BCUT2D eigenvalue weighted by atomic mass is 10.3. The molecule has 0 aromatic carbocycles. The highest BCUT2D eigenvalue weighted by Crippen LogP contribution is 2.35. The van der Waals surface area contributed by atoms with Crippen LogP contribution in [-0.2, 0) is 9.53 Å². The number of esters is 1. The lowest BCUT2D eigenvalue weighted by Crippen LogP contribution is -2.45. The molecule has 0 radical (unpaired) electrons. The quantitative estimate of drug-likeness (QED) is 0.418. The summed E-state index contributed by atoms with van der Waals surface area (Å²) in [7, 11) is 0. The fourth-order valence-electron chi connectivity index (χ4n) is 0.611. The van der Waals surface area contributed by atoms with Gasteiger partial charge in [-0.2, -0.15) is 26.3 Å². The molecule has 15 heavy (non-hydrogen) atoms. The van der Waals surface area contributed by atoms with Crippen LogP contribution in [0, 0.1) is 0 Å². The van der Waals surface area contributed by atoms with Gasteiger partial charge in [0, 0.05) is 6.08 Å². The van der Waals surface area contributed by atoms with Gasteiger partial charge in [-0.1, -0.05) is 6.08 Å². The molecule has 0 aliphatic heterocycles. The van der Waals surface area contributed by atoms with Gasteiger partial charge in [-0.25, -0.2) is 4.79 Å². The van der Waals surface area contributed by atoms with Crippen molar-refractivity contribution < 1.29 is 35.9 Å². The number of carbonyl (C=O) groups is 1. The highest BCUT2D eigenvalue weighted by molar-refractivity contribution is 5.82. The van der Waals surface area contributed by atoms with Gasteiger partial charge < -0.3 is 4.74 Å². The van der Waals surface area contributed by atoms with Crippen molar-refractivity contribution in [1.82, 2.24) is 0 Å². The predicted octanol–water partition coefficient (Wildman–Crippen LogP) is 2.60. The number of carbonyl (C=O) groups excluding carboxylic acids is 1. The summed E-state index contributed by atoms with van der Waals surface area (Å²) in [6.45, 7) is 1.25. The van der Waals surface area contributed by atoms with Crippen LogP contribution in [0.3, 0.4) is 0 Å². The van der Waals surface area contributed by atoms with Gasteiger partial charge in [0.15, 0.2) is 0 Å². The second-order valence-corrected chi connectivity index (χ2v) is 2.40. The Balaban J connectivity index is 4.77. The van der Waals surface area contributed by atoms with Crippen molar-refractivity contribution >= 4 is 5.97 Å². The van der Waals surface area contributed by atoms with E-state index in [1.807, 2.05) is 0 Å². The van der Waals surface area contributed by atoms with E-state index in [-0.39, 0.29) is 0 Å². The maximum atomic E-state index is 11.8.